The van der Waals surface area contributed by atoms with Crippen LogP contribution in [0.1, 0.15) is 35.0 Å². The zero-order valence-electron chi connectivity index (χ0n) is 15.7. The maximum atomic E-state index is 14.2. The molecule has 0 radical (unpaired) electrons. The van der Waals surface area contributed by atoms with Gasteiger partial charge < -0.3 is 10.0 Å². The van der Waals surface area contributed by atoms with Gasteiger partial charge in [0.25, 0.3) is 0 Å². The molecule has 0 saturated carbocycles. The summed E-state index contributed by atoms with van der Waals surface area (Å²) in [6, 6.07) is 14.0. The number of amides is 1. The lowest BCUT2D eigenvalue weighted by molar-refractivity contribution is -0.118. The van der Waals surface area contributed by atoms with Crippen LogP contribution in [0, 0.1) is 11.6 Å². The summed E-state index contributed by atoms with van der Waals surface area (Å²) in [4.78, 5) is 26.6. The first-order valence-electron chi connectivity index (χ1n) is 9.07. The molecule has 3 aromatic rings. The van der Waals surface area contributed by atoms with E-state index in [1.54, 1.807) is 6.07 Å². The highest BCUT2D eigenvalue weighted by Crippen LogP contribution is 2.38. The summed E-state index contributed by atoms with van der Waals surface area (Å²) in [5.74, 6) is -2.99. The van der Waals surface area contributed by atoms with E-state index in [1.807, 2.05) is 37.3 Å². The van der Waals surface area contributed by atoms with Crippen LogP contribution < -0.4 is 4.90 Å². The molecule has 1 aromatic heterocycles. The zero-order valence-corrected chi connectivity index (χ0v) is 16.5. The van der Waals surface area contributed by atoms with Gasteiger partial charge in [-0.1, -0.05) is 43.3 Å². The predicted molar refractivity (Wildman–Crippen MR) is 109 cm³/mol. The van der Waals surface area contributed by atoms with Crippen molar-refractivity contribution in [2.75, 3.05) is 4.90 Å². The maximum Gasteiger partial charge on any atom is 0.348 e. The minimum absolute atomic E-state index is 0.00386. The number of anilines is 1. The molecule has 1 heterocycles. The Morgan fingerprint density at radius 3 is 2.41 bits per heavy atom. The fourth-order valence-corrected chi connectivity index (χ4v) is 3.96. The van der Waals surface area contributed by atoms with Gasteiger partial charge in [0, 0.05) is 22.9 Å². The number of carboxylic acids is 1. The zero-order chi connectivity index (χ0) is 21.0. The second-order valence-electron chi connectivity index (χ2n) is 6.46. The minimum Gasteiger partial charge on any atom is -0.477 e. The summed E-state index contributed by atoms with van der Waals surface area (Å²) < 4.78 is 27.5. The highest BCUT2D eigenvalue weighted by atomic mass is 32.1. The third-order valence-corrected chi connectivity index (χ3v) is 5.53. The number of halogens is 2. The molecular formula is C22H19F2NO3S. The van der Waals surface area contributed by atoms with Gasteiger partial charge in [-0.05, 0) is 24.1 Å². The van der Waals surface area contributed by atoms with Crippen molar-refractivity contribution in [1.29, 1.82) is 0 Å². The average Bonchev–Trinajstić information content (AvgIpc) is 3.13. The molecule has 29 heavy (non-hydrogen) atoms. The van der Waals surface area contributed by atoms with Crippen molar-refractivity contribution >= 4 is 28.9 Å². The van der Waals surface area contributed by atoms with Gasteiger partial charge in [-0.3, -0.25) is 4.79 Å². The number of nitrogens with zero attached hydrogens (tertiary/aromatic N) is 1. The van der Waals surface area contributed by atoms with Gasteiger partial charge in [-0.15, -0.1) is 11.3 Å². The summed E-state index contributed by atoms with van der Waals surface area (Å²) in [5.41, 5.74) is 1.14. The third kappa shape index (κ3) is 4.68. The van der Waals surface area contributed by atoms with Crippen LogP contribution in [0.4, 0.5) is 14.5 Å². The molecule has 1 N–H and O–H groups in total. The van der Waals surface area contributed by atoms with Crippen molar-refractivity contribution in [1.82, 2.24) is 0 Å². The van der Waals surface area contributed by atoms with E-state index in [0.717, 1.165) is 29.0 Å². The van der Waals surface area contributed by atoms with E-state index in [9.17, 15) is 23.5 Å². The molecule has 1 amide bonds. The Bertz CT molecular complexity index is 1030. The SMILES string of the molecule is CCCC(=O)N(Cc1ccc(F)cc1F)c1cc(-c2ccccc2)sc1C(=O)O. The van der Waals surface area contributed by atoms with Crippen LogP contribution in [0.25, 0.3) is 10.4 Å². The van der Waals surface area contributed by atoms with Gasteiger partial charge in [-0.25, -0.2) is 13.6 Å². The number of thiophene rings is 1. The molecule has 0 aliphatic rings. The van der Waals surface area contributed by atoms with Crippen molar-refractivity contribution in [2.45, 2.75) is 26.3 Å². The van der Waals surface area contributed by atoms with Crippen molar-refractivity contribution in [3.05, 3.63) is 76.7 Å². The fraction of sp³-hybridized carbons (Fsp3) is 0.182. The van der Waals surface area contributed by atoms with E-state index in [-0.39, 0.29) is 35.0 Å². The smallest absolute Gasteiger partial charge is 0.348 e. The van der Waals surface area contributed by atoms with Crippen molar-refractivity contribution < 1.29 is 23.5 Å². The third-order valence-electron chi connectivity index (χ3n) is 4.36. The van der Waals surface area contributed by atoms with Crippen LogP contribution in [0.2, 0.25) is 0 Å². The first-order valence-corrected chi connectivity index (χ1v) is 9.89. The van der Waals surface area contributed by atoms with Crippen LogP contribution in [-0.4, -0.2) is 17.0 Å². The predicted octanol–water partition coefficient (Wildman–Crippen LogP) is 5.72. The second kappa shape index (κ2) is 8.96. The number of carboxylic acid groups (broad SMARTS) is 1. The summed E-state index contributed by atoms with van der Waals surface area (Å²) in [6.45, 7) is 1.64. The van der Waals surface area contributed by atoms with E-state index in [0.29, 0.717) is 11.3 Å². The molecule has 0 fully saturated rings. The summed E-state index contributed by atoms with van der Waals surface area (Å²) >= 11 is 1.05. The van der Waals surface area contributed by atoms with Gasteiger partial charge in [-0.2, -0.15) is 0 Å². The van der Waals surface area contributed by atoms with Crippen LogP contribution in [-0.2, 0) is 11.3 Å². The van der Waals surface area contributed by atoms with E-state index in [2.05, 4.69) is 0 Å². The van der Waals surface area contributed by atoms with Gasteiger partial charge in [0.05, 0.1) is 12.2 Å². The summed E-state index contributed by atoms with van der Waals surface area (Å²) in [5, 5.41) is 9.69. The standard InChI is InChI=1S/C22H19F2NO3S/c1-2-6-20(26)25(13-15-9-10-16(23)11-17(15)24)18-12-19(29-21(18)22(27)28)14-7-4-3-5-8-14/h3-5,7-12H,2,6,13H2,1H3,(H,27,28). The largest absolute Gasteiger partial charge is 0.477 e. The second-order valence-corrected chi connectivity index (χ2v) is 7.51. The number of carbonyl (C=O) groups excluding carboxylic acids is 1. The molecule has 7 heteroatoms. The summed E-state index contributed by atoms with van der Waals surface area (Å²) in [7, 11) is 0. The van der Waals surface area contributed by atoms with E-state index in [1.165, 1.54) is 11.0 Å². The molecule has 150 valence electrons. The van der Waals surface area contributed by atoms with Gasteiger partial charge in [0.2, 0.25) is 5.91 Å². The molecule has 0 bridgehead atoms. The number of hydrogen-bond acceptors (Lipinski definition) is 3. The van der Waals surface area contributed by atoms with Gasteiger partial charge in [0.1, 0.15) is 16.5 Å². The molecule has 0 spiro atoms. The van der Waals surface area contributed by atoms with E-state index >= 15 is 0 Å². The highest BCUT2D eigenvalue weighted by Gasteiger charge is 2.26. The highest BCUT2D eigenvalue weighted by molar-refractivity contribution is 7.18. The molecular weight excluding hydrogens is 396 g/mol. The van der Waals surface area contributed by atoms with Gasteiger partial charge >= 0.3 is 5.97 Å². The monoisotopic (exact) mass is 415 g/mol. The maximum absolute atomic E-state index is 14.2. The Morgan fingerprint density at radius 2 is 1.79 bits per heavy atom. The number of benzene rings is 2. The Morgan fingerprint density at radius 1 is 1.07 bits per heavy atom. The van der Waals surface area contributed by atoms with Crippen LogP contribution >= 0.6 is 11.3 Å². The molecule has 0 aliphatic heterocycles. The topological polar surface area (TPSA) is 57.6 Å². The van der Waals surface area contributed by atoms with E-state index < -0.39 is 17.6 Å². The lowest BCUT2D eigenvalue weighted by Crippen LogP contribution is -2.31. The minimum atomic E-state index is -1.17. The van der Waals surface area contributed by atoms with Crippen LogP contribution in [0.5, 0.6) is 0 Å². The normalized spacial score (nSPS) is 10.7. The van der Waals surface area contributed by atoms with Crippen molar-refractivity contribution in [3.63, 3.8) is 0 Å². The Balaban J connectivity index is 2.08. The lowest BCUT2D eigenvalue weighted by atomic mass is 10.1. The lowest BCUT2D eigenvalue weighted by Gasteiger charge is -2.23. The Labute approximate surface area is 171 Å². The Kier molecular flexibility index (Phi) is 6.39. The molecule has 3 rings (SSSR count). The average molecular weight is 415 g/mol. The molecule has 0 unspecified atom stereocenters. The van der Waals surface area contributed by atoms with E-state index in [4.69, 9.17) is 0 Å². The fourth-order valence-electron chi connectivity index (χ4n) is 2.96. The molecule has 0 atom stereocenters. The van der Waals surface area contributed by atoms with Crippen LogP contribution in [0.15, 0.2) is 54.6 Å². The molecule has 4 nitrogen and oxygen atoms in total. The van der Waals surface area contributed by atoms with Crippen molar-refractivity contribution in [2.24, 2.45) is 0 Å². The number of carbonyl (C=O) groups is 2. The van der Waals surface area contributed by atoms with Gasteiger partial charge in [0.15, 0.2) is 0 Å². The van der Waals surface area contributed by atoms with Crippen LogP contribution in [0.3, 0.4) is 0 Å². The first kappa shape index (κ1) is 20.7. The molecule has 2 aromatic carbocycles. The molecule has 0 aliphatic carbocycles. The first-order chi connectivity index (χ1) is 13.9. The molecule has 0 saturated heterocycles. The van der Waals surface area contributed by atoms with Crippen molar-refractivity contribution in [3.8, 4) is 10.4 Å². The number of aromatic carboxylic acids is 1. The number of rotatable bonds is 7. The summed E-state index contributed by atoms with van der Waals surface area (Å²) in [6.07, 6.45) is 0.734. The Hall–Kier alpha value is -3.06. The number of hydrogen-bond donors (Lipinski definition) is 1. The quantitative estimate of drug-likeness (QED) is 0.537.